The Kier molecular flexibility index (Phi) is 5.28. The van der Waals surface area contributed by atoms with Gasteiger partial charge in [0.15, 0.2) is 11.6 Å². The largest absolute Gasteiger partial charge is 0.381 e. The van der Waals surface area contributed by atoms with Crippen molar-refractivity contribution in [2.45, 2.75) is 32.2 Å². The highest BCUT2D eigenvalue weighted by Crippen LogP contribution is 2.22. The summed E-state index contributed by atoms with van der Waals surface area (Å²) >= 11 is 0. The average molecular weight is 269 g/mol. The SMILES string of the molecule is CCNC(Cc1ccc(F)c(F)c1)C1CCOCC1. The molecule has 1 aromatic rings. The molecule has 0 radical (unpaired) electrons. The maximum absolute atomic E-state index is 13.2. The third kappa shape index (κ3) is 3.98. The molecular weight excluding hydrogens is 248 g/mol. The van der Waals surface area contributed by atoms with E-state index in [2.05, 4.69) is 12.2 Å². The minimum atomic E-state index is -0.783. The zero-order valence-corrected chi connectivity index (χ0v) is 11.3. The molecule has 0 aliphatic carbocycles. The van der Waals surface area contributed by atoms with Gasteiger partial charge in [0, 0.05) is 19.3 Å². The first kappa shape index (κ1) is 14.4. The van der Waals surface area contributed by atoms with Crippen molar-refractivity contribution >= 4 is 0 Å². The maximum Gasteiger partial charge on any atom is 0.159 e. The Morgan fingerprint density at radius 3 is 2.63 bits per heavy atom. The minimum absolute atomic E-state index is 0.304. The second kappa shape index (κ2) is 6.96. The van der Waals surface area contributed by atoms with Crippen molar-refractivity contribution < 1.29 is 13.5 Å². The summed E-state index contributed by atoms with van der Waals surface area (Å²) in [5, 5.41) is 3.46. The summed E-state index contributed by atoms with van der Waals surface area (Å²) < 4.78 is 31.5. The quantitative estimate of drug-likeness (QED) is 0.887. The van der Waals surface area contributed by atoms with Crippen LogP contribution in [0.15, 0.2) is 18.2 Å². The molecule has 19 heavy (non-hydrogen) atoms. The van der Waals surface area contributed by atoms with Gasteiger partial charge in [0.05, 0.1) is 0 Å². The molecule has 1 aromatic carbocycles. The van der Waals surface area contributed by atoms with Crippen LogP contribution in [0.3, 0.4) is 0 Å². The van der Waals surface area contributed by atoms with Crippen LogP contribution >= 0.6 is 0 Å². The van der Waals surface area contributed by atoms with Gasteiger partial charge in [0.1, 0.15) is 0 Å². The van der Waals surface area contributed by atoms with Crippen LogP contribution in [0.4, 0.5) is 8.78 Å². The second-order valence-electron chi connectivity index (χ2n) is 5.07. The molecule has 0 spiro atoms. The van der Waals surface area contributed by atoms with Crippen LogP contribution in [0.2, 0.25) is 0 Å². The highest BCUT2D eigenvalue weighted by molar-refractivity contribution is 5.19. The summed E-state index contributed by atoms with van der Waals surface area (Å²) in [6.07, 6.45) is 2.79. The van der Waals surface area contributed by atoms with Crippen molar-refractivity contribution in [1.29, 1.82) is 0 Å². The summed E-state index contributed by atoms with van der Waals surface area (Å²) in [5.74, 6) is -1.00. The van der Waals surface area contributed by atoms with Crippen molar-refractivity contribution in [3.8, 4) is 0 Å². The van der Waals surface area contributed by atoms with E-state index in [-0.39, 0.29) is 0 Å². The Hall–Kier alpha value is -1.00. The maximum atomic E-state index is 13.2. The fourth-order valence-electron chi connectivity index (χ4n) is 2.71. The second-order valence-corrected chi connectivity index (χ2v) is 5.07. The summed E-state index contributed by atoms with van der Waals surface area (Å²) in [6.45, 7) is 4.54. The molecule has 1 aliphatic rings. The standard InChI is InChI=1S/C15H21F2NO/c1-2-18-15(12-5-7-19-8-6-12)10-11-3-4-13(16)14(17)9-11/h3-4,9,12,15,18H,2,5-8,10H2,1H3. The smallest absolute Gasteiger partial charge is 0.159 e. The van der Waals surface area contributed by atoms with E-state index < -0.39 is 11.6 Å². The third-order valence-electron chi connectivity index (χ3n) is 3.74. The highest BCUT2D eigenvalue weighted by Gasteiger charge is 2.23. The minimum Gasteiger partial charge on any atom is -0.381 e. The van der Waals surface area contributed by atoms with Gasteiger partial charge in [0.25, 0.3) is 0 Å². The molecule has 0 amide bonds. The lowest BCUT2D eigenvalue weighted by atomic mass is 9.87. The van der Waals surface area contributed by atoms with Crippen molar-refractivity contribution in [3.63, 3.8) is 0 Å². The normalized spacial score (nSPS) is 18.5. The average Bonchev–Trinajstić information content (AvgIpc) is 2.43. The van der Waals surface area contributed by atoms with Crippen molar-refractivity contribution in [1.82, 2.24) is 5.32 Å². The summed E-state index contributed by atoms with van der Waals surface area (Å²) in [5.41, 5.74) is 0.844. The fourth-order valence-corrected chi connectivity index (χ4v) is 2.71. The zero-order chi connectivity index (χ0) is 13.7. The predicted molar refractivity (Wildman–Crippen MR) is 71.1 cm³/mol. The van der Waals surface area contributed by atoms with Crippen molar-refractivity contribution in [2.75, 3.05) is 19.8 Å². The van der Waals surface area contributed by atoms with Crippen LogP contribution in [0.1, 0.15) is 25.3 Å². The van der Waals surface area contributed by atoms with Crippen LogP contribution in [-0.2, 0) is 11.2 Å². The number of hydrogen-bond donors (Lipinski definition) is 1. The first-order valence-electron chi connectivity index (χ1n) is 6.95. The van der Waals surface area contributed by atoms with Gasteiger partial charge in [0.2, 0.25) is 0 Å². The van der Waals surface area contributed by atoms with E-state index in [9.17, 15) is 8.78 Å². The van der Waals surface area contributed by atoms with Gasteiger partial charge < -0.3 is 10.1 Å². The Labute approximate surface area is 113 Å². The first-order valence-corrected chi connectivity index (χ1v) is 6.95. The molecule has 2 nitrogen and oxygen atoms in total. The lowest BCUT2D eigenvalue weighted by Gasteiger charge is -2.31. The van der Waals surface area contributed by atoms with Gasteiger partial charge >= 0.3 is 0 Å². The van der Waals surface area contributed by atoms with Crippen molar-refractivity contribution in [3.05, 3.63) is 35.4 Å². The molecular formula is C15H21F2NO. The highest BCUT2D eigenvalue weighted by atomic mass is 19.2. The fraction of sp³-hybridized carbons (Fsp3) is 0.600. The zero-order valence-electron chi connectivity index (χ0n) is 11.3. The van der Waals surface area contributed by atoms with Crippen LogP contribution in [-0.4, -0.2) is 25.8 Å². The van der Waals surface area contributed by atoms with E-state index >= 15 is 0 Å². The third-order valence-corrected chi connectivity index (χ3v) is 3.74. The molecule has 4 heteroatoms. The van der Waals surface area contributed by atoms with Crippen LogP contribution in [0.5, 0.6) is 0 Å². The Morgan fingerprint density at radius 1 is 1.26 bits per heavy atom. The van der Waals surface area contributed by atoms with Gasteiger partial charge in [-0.25, -0.2) is 8.78 Å². The molecule has 1 unspecified atom stereocenters. The number of rotatable bonds is 5. The lowest BCUT2D eigenvalue weighted by Crippen LogP contribution is -2.40. The number of halogens is 2. The molecule has 0 saturated carbocycles. The van der Waals surface area contributed by atoms with Gasteiger partial charge in [-0.1, -0.05) is 13.0 Å². The van der Waals surface area contributed by atoms with E-state index in [0.29, 0.717) is 12.0 Å². The number of benzene rings is 1. The molecule has 106 valence electrons. The van der Waals surface area contributed by atoms with Crippen LogP contribution in [0, 0.1) is 17.6 Å². The van der Waals surface area contributed by atoms with Gasteiger partial charge in [-0.05, 0) is 49.4 Å². The lowest BCUT2D eigenvalue weighted by molar-refractivity contribution is 0.0539. The molecule has 1 fully saturated rings. The topological polar surface area (TPSA) is 21.3 Å². The van der Waals surface area contributed by atoms with E-state index in [4.69, 9.17) is 4.74 Å². The Balaban J connectivity index is 2.04. The van der Waals surface area contributed by atoms with Crippen LogP contribution < -0.4 is 5.32 Å². The Bertz CT molecular complexity index is 405. The molecule has 1 atom stereocenters. The predicted octanol–water partition coefficient (Wildman–Crippen LogP) is 2.91. The number of nitrogens with one attached hydrogen (secondary N) is 1. The molecule has 1 aliphatic heterocycles. The summed E-state index contributed by atoms with van der Waals surface area (Å²) in [7, 11) is 0. The monoisotopic (exact) mass is 269 g/mol. The van der Waals surface area contributed by atoms with E-state index in [0.717, 1.165) is 44.6 Å². The van der Waals surface area contributed by atoms with Gasteiger partial charge in [-0.15, -0.1) is 0 Å². The van der Waals surface area contributed by atoms with E-state index in [1.807, 2.05) is 0 Å². The van der Waals surface area contributed by atoms with Crippen LogP contribution in [0.25, 0.3) is 0 Å². The molecule has 0 aromatic heterocycles. The molecule has 1 saturated heterocycles. The molecule has 1 heterocycles. The number of ether oxygens (including phenoxy) is 1. The summed E-state index contributed by atoms with van der Waals surface area (Å²) in [4.78, 5) is 0. The van der Waals surface area contributed by atoms with E-state index in [1.165, 1.54) is 12.1 Å². The molecule has 0 bridgehead atoms. The van der Waals surface area contributed by atoms with Crippen molar-refractivity contribution in [2.24, 2.45) is 5.92 Å². The first-order chi connectivity index (χ1) is 9.20. The van der Waals surface area contributed by atoms with E-state index in [1.54, 1.807) is 6.07 Å². The molecule has 1 N–H and O–H groups in total. The Morgan fingerprint density at radius 2 is 2.00 bits per heavy atom. The van der Waals surface area contributed by atoms with Gasteiger partial charge in [-0.3, -0.25) is 0 Å². The molecule has 2 rings (SSSR count). The number of hydrogen-bond acceptors (Lipinski definition) is 2. The number of likely N-dealkylation sites (N-methyl/N-ethyl adjacent to an activating group) is 1. The van der Waals surface area contributed by atoms with Gasteiger partial charge in [-0.2, -0.15) is 0 Å². The summed E-state index contributed by atoms with van der Waals surface area (Å²) in [6, 6.07) is 4.48.